The predicted molar refractivity (Wildman–Crippen MR) is 86.8 cm³/mol. The highest BCUT2D eigenvalue weighted by atomic mass is 32.2. The molecule has 0 aliphatic heterocycles. The Kier molecular flexibility index (Phi) is 6.28. The fraction of sp³-hybridized carbons (Fsp3) is 0.733. The van der Waals surface area contributed by atoms with Crippen LogP contribution in [0, 0.1) is 13.8 Å². The van der Waals surface area contributed by atoms with Gasteiger partial charge in [0.15, 0.2) is 5.16 Å². The highest BCUT2D eigenvalue weighted by Crippen LogP contribution is 2.25. The molecule has 1 atom stereocenters. The standard InChI is InChI=1S/C15H27N3O2S/c1-10-11(2)18(8-9-20-7)14(16-10)21-12(3)13(19)17-15(4,5)6/h12H,8-9H2,1-7H3,(H,17,19)/t12-/m1/s1. The van der Waals surface area contributed by atoms with Gasteiger partial charge in [0, 0.05) is 24.9 Å². The van der Waals surface area contributed by atoms with E-state index in [0.717, 1.165) is 23.1 Å². The first-order valence-corrected chi connectivity index (χ1v) is 8.05. The van der Waals surface area contributed by atoms with E-state index in [4.69, 9.17) is 4.74 Å². The van der Waals surface area contributed by atoms with Crippen molar-refractivity contribution < 1.29 is 9.53 Å². The third kappa shape index (κ3) is 5.36. The Morgan fingerprint density at radius 1 is 1.43 bits per heavy atom. The van der Waals surface area contributed by atoms with Crippen LogP contribution in [-0.4, -0.2) is 40.0 Å². The van der Waals surface area contributed by atoms with E-state index in [9.17, 15) is 4.79 Å². The zero-order valence-corrected chi connectivity index (χ0v) is 14.9. The number of hydrogen-bond donors (Lipinski definition) is 1. The molecule has 0 saturated heterocycles. The molecule has 0 aromatic carbocycles. The molecular weight excluding hydrogens is 286 g/mol. The van der Waals surface area contributed by atoms with E-state index in [1.165, 1.54) is 11.8 Å². The van der Waals surface area contributed by atoms with Gasteiger partial charge in [-0.3, -0.25) is 4.79 Å². The lowest BCUT2D eigenvalue weighted by atomic mass is 10.1. The van der Waals surface area contributed by atoms with E-state index < -0.39 is 0 Å². The van der Waals surface area contributed by atoms with Crippen molar-refractivity contribution in [2.45, 2.75) is 64.0 Å². The summed E-state index contributed by atoms with van der Waals surface area (Å²) in [5, 5.41) is 3.69. The van der Waals surface area contributed by atoms with E-state index in [0.29, 0.717) is 6.61 Å². The molecule has 1 aromatic heterocycles. The van der Waals surface area contributed by atoms with Crippen LogP contribution in [0.4, 0.5) is 0 Å². The number of rotatable bonds is 6. The van der Waals surface area contributed by atoms with Crippen molar-refractivity contribution in [3.63, 3.8) is 0 Å². The summed E-state index contributed by atoms with van der Waals surface area (Å²) >= 11 is 1.49. The molecule has 120 valence electrons. The van der Waals surface area contributed by atoms with Crippen LogP contribution in [0.5, 0.6) is 0 Å². The van der Waals surface area contributed by atoms with Gasteiger partial charge in [0.05, 0.1) is 17.6 Å². The van der Waals surface area contributed by atoms with Gasteiger partial charge >= 0.3 is 0 Å². The van der Waals surface area contributed by atoms with Gasteiger partial charge in [-0.1, -0.05) is 11.8 Å². The molecular formula is C15H27N3O2S. The number of hydrogen-bond acceptors (Lipinski definition) is 4. The van der Waals surface area contributed by atoms with Gasteiger partial charge < -0.3 is 14.6 Å². The quantitative estimate of drug-likeness (QED) is 0.820. The molecule has 0 radical (unpaired) electrons. The molecule has 1 amide bonds. The maximum Gasteiger partial charge on any atom is 0.233 e. The Bertz CT molecular complexity index is 492. The minimum Gasteiger partial charge on any atom is -0.383 e. The first-order valence-electron chi connectivity index (χ1n) is 7.17. The molecule has 5 nitrogen and oxygen atoms in total. The number of aromatic nitrogens is 2. The number of nitrogens with one attached hydrogen (secondary N) is 1. The molecule has 6 heteroatoms. The van der Waals surface area contributed by atoms with E-state index in [1.54, 1.807) is 7.11 Å². The molecule has 1 N–H and O–H groups in total. The van der Waals surface area contributed by atoms with Gasteiger partial charge in [-0.15, -0.1) is 0 Å². The van der Waals surface area contributed by atoms with Crippen molar-refractivity contribution in [3.8, 4) is 0 Å². The number of nitrogens with zero attached hydrogens (tertiary/aromatic N) is 2. The number of carbonyl (C=O) groups is 1. The Balaban J connectivity index is 2.82. The van der Waals surface area contributed by atoms with Gasteiger partial charge in [0.2, 0.25) is 5.91 Å². The second-order valence-electron chi connectivity index (χ2n) is 6.21. The maximum absolute atomic E-state index is 12.2. The molecule has 0 aliphatic carbocycles. The molecule has 1 aromatic rings. The van der Waals surface area contributed by atoms with Gasteiger partial charge in [0.1, 0.15) is 0 Å². The lowest BCUT2D eigenvalue weighted by Crippen LogP contribution is -2.44. The van der Waals surface area contributed by atoms with Gasteiger partial charge in [-0.25, -0.2) is 4.98 Å². The third-order valence-electron chi connectivity index (χ3n) is 3.09. The van der Waals surface area contributed by atoms with E-state index in [2.05, 4.69) is 14.9 Å². The molecule has 0 bridgehead atoms. The van der Waals surface area contributed by atoms with Crippen molar-refractivity contribution in [2.24, 2.45) is 0 Å². The van der Waals surface area contributed by atoms with E-state index in [1.807, 2.05) is 41.5 Å². The summed E-state index contributed by atoms with van der Waals surface area (Å²) in [6.07, 6.45) is 0. The molecule has 0 saturated carbocycles. The van der Waals surface area contributed by atoms with Crippen molar-refractivity contribution in [2.75, 3.05) is 13.7 Å². The summed E-state index contributed by atoms with van der Waals surface area (Å²) in [5.41, 5.74) is 1.90. The summed E-state index contributed by atoms with van der Waals surface area (Å²) in [7, 11) is 1.69. The summed E-state index contributed by atoms with van der Waals surface area (Å²) in [6, 6.07) is 0. The van der Waals surface area contributed by atoms with Crippen LogP contribution in [0.2, 0.25) is 0 Å². The smallest absolute Gasteiger partial charge is 0.233 e. The normalized spacial score (nSPS) is 13.3. The summed E-state index contributed by atoms with van der Waals surface area (Å²) < 4.78 is 7.26. The van der Waals surface area contributed by atoms with Crippen molar-refractivity contribution in [1.82, 2.24) is 14.9 Å². The number of imidazole rings is 1. The lowest BCUT2D eigenvalue weighted by Gasteiger charge is -2.23. The zero-order chi connectivity index (χ0) is 16.2. The second-order valence-corrected chi connectivity index (χ2v) is 7.52. The Hall–Kier alpha value is -1.01. The predicted octanol–water partition coefficient (Wildman–Crippen LogP) is 2.54. The first kappa shape index (κ1) is 18.0. The maximum atomic E-state index is 12.2. The second kappa shape index (κ2) is 7.31. The number of carbonyl (C=O) groups excluding carboxylic acids is 1. The summed E-state index contributed by atoms with van der Waals surface area (Å²) in [4.78, 5) is 16.8. The van der Waals surface area contributed by atoms with Gasteiger partial charge in [0.25, 0.3) is 0 Å². The lowest BCUT2D eigenvalue weighted by molar-refractivity contribution is -0.121. The van der Waals surface area contributed by atoms with Crippen LogP contribution in [0.25, 0.3) is 0 Å². The average molecular weight is 313 g/mol. The van der Waals surface area contributed by atoms with Crippen LogP contribution in [-0.2, 0) is 16.1 Å². The highest BCUT2D eigenvalue weighted by Gasteiger charge is 2.22. The Labute approximate surface area is 131 Å². The third-order valence-corrected chi connectivity index (χ3v) is 4.18. The van der Waals surface area contributed by atoms with Gasteiger partial charge in [-0.05, 0) is 41.5 Å². The highest BCUT2D eigenvalue weighted by molar-refractivity contribution is 8.00. The van der Waals surface area contributed by atoms with Crippen LogP contribution in [0.1, 0.15) is 39.1 Å². The molecule has 1 rings (SSSR count). The van der Waals surface area contributed by atoms with Crippen molar-refractivity contribution in [3.05, 3.63) is 11.4 Å². The van der Waals surface area contributed by atoms with Crippen LogP contribution < -0.4 is 5.32 Å². The molecule has 21 heavy (non-hydrogen) atoms. The number of amides is 1. The van der Waals surface area contributed by atoms with Crippen molar-refractivity contribution >= 4 is 17.7 Å². The number of ether oxygens (including phenoxy) is 1. The number of methoxy groups -OCH3 is 1. The summed E-state index contributed by atoms with van der Waals surface area (Å²) in [5.74, 6) is 0.0316. The zero-order valence-electron chi connectivity index (χ0n) is 14.1. The average Bonchev–Trinajstić information content (AvgIpc) is 2.60. The minimum absolute atomic E-state index is 0.0316. The minimum atomic E-state index is -0.219. The largest absolute Gasteiger partial charge is 0.383 e. The van der Waals surface area contributed by atoms with E-state index >= 15 is 0 Å². The molecule has 0 fully saturated rings. The van der Waals surface area contributed by atoms with Crippen LogP contribution in [0.3, 0.4) is 0 Å². The SMILES string of the molecule is COCCn1c(S[C@H](C)C(=O)NC(C)(C)C)nc(C)c1C. The van der Waals surface area contributed by atoms with Crippen molar-refractivity contribution in [1.29, 1.82) is 0 Å². The van der Waals surface area contributed by atoms with Crippen LogP contribution in [0.15, 0.2) is 5.16 Å². The fourth-order valence-corrected chi connectivity index (χ4v) is 2.87. The molecule has 0 aliphatic rings. The number of thioether (sulfide) groups is 1. The molecule has 0 unspecified atom stereocenters. The topological polar surface area (TPSA) is 56.1 Å². The van der Waals surface area contributed by atoms with E-state index in [-0.39, 0.29) is 16.7 Å². The molecule has 0 spiro atoms. The number of aryl methyl sites for hydroxylation is 1. The monoisotopic (exact) mass is 313 g/mol. The Morgan fingerprint density at radius 2 is 2.05 bits per heavy atom. The first-order chi connectivity index (χ1) is 9.65. The summed E-state index contributed by atoms with van der Waals surface area (Å²) in [6.45, 7) is 13.3. The van der Waals surface area contributed by atoms with Gasteiger partial charge in [-0.2, -0.15) is 0 Å². The fourth-order valence-electron chi connectivity index (χ4n) is 1.84. The Morgan fingerprint density at radius 3 is 2.57 bits per heavy atom. The molecule has 1 heterocycles. The van der Waals surface area contributed by atoms with Crippen LogP contribution >= 0.6 is 11.8 Å².